The van der Waals surface area contributed by atoms with E-state index in [1.165, 1.54) is 0 Å². The Balaban J connectivity index is 1.50. The lowest BCUT2D eigenvalue weighted by atomic mass is 10.1. The molecule has 2 aromatic rings. The third kappa shape index (κ3) is 2.67. The maximum absolute atomic E-state index is 5.35. The van der Waals surface area contributed by atoms with E-state index in [1.54, 1.807) is 12.4 Å². The van der Waals surface area contributed by atoms with Crippen molar-refractivity contribution in [2.24, 2.45) is 0 Å². The average Bonchev–Trinajstić information content (AvgIpc) is 3.27. The van der Waals surface area contributed by atoms with Gasteiger partial charge in [0.05, 0.1) is 25.4 Å². The second kappa shape index (κ2) is 5.98. The number of nitrogens with zero attached hydrogens (tertiary/aromatic N) is 5. The summed E-state index contributed by atoms with van der Waals surface area (Å²) in [6.45, 7) is 4.46. The molecule has 8 nitrogen and oxygen atoms in total. The Morgan fingerprint density at radius 2 is 1.86 bits per heavy atom. The summed E-state index contributed by atoms with van der Waals surface area (Å²) in [5, 5.41) is 4.04. The maximum Gasteiger partial charge on any atom is 0.261 e. The Labute approximate surface area is 127 Å². The topological polar surface area (TPSA) is 86.4 Å². The molecule has 1 atom stereocenters. The highest BCUT2D eigenvalue weighted by atomic mass is 16.5. The molecule has 2 saturated heterocycles. The van der Waals surface area contributed by atoms with E-state index in [-0.39, 0.29) is 5.92 Å². The minimum Gasteiger partial charge on any atom is -0.381 e. The number of hydrogen-bond donors (Lipinski definition) is 0. The molecule has 2 aromatic heterocycles. The molecule has 0 aliphatic carbocycles. The summed E-state index contributed by atoms with van der Waals surface area (Å²) in [5.41, 5.74) is 0.731. The zero-order chi connectivity index (χ0) is 14.8. The van der Waals surface area contributed by atoms with Gasteiger partial charge in [-0.05, 0) is 6.42 Å². The molecule has 0 amide bonds. The van der Waals surface area contributed by atoms with Crippen LogP contribution in [0.5, 0.6) is 0 Å². The third-order valence-corrected chi connectivity index (χ3v) is 3.92. The van der Waals surface area contributed by atoms with Gasteiger partial charge < -0.3 is 18.9 Å². The molecule has 0 aromatic carbocycles. The van der Waals surface area contributed by atoms with Crippen molar-refractivity contribution >= 4 is 5.95 Å². The predicted octanol–water partition coefficient (Wildman–Crippen LogP) is 0.867. The van der Waals surface area contributed by atoms with Crippen molar-refractivity contribution in [3.8, 4) is 11.5 Å². The van der Waals surface area contributed by atoms with Crippen LogP contribution in [-0.2, 0) is 9.47 Å². The van der Waals surface area contributed by atoms with Gasteiger partial charge in [0, 0.05) is 38.0 Å². The molecule has 0 bridgehead atoms. The maximum atomic E-state index is 5.35. The molecule has 116 valence electrons. The van der Waals surface area contributed by atoms with E-state index in [0.717, 1.165) is 31.7 Å². The summed E-state index contributed by atoms with van der Waals surface area (Å²) < 4.78 is 16.0. The van der Waals surface area contributed by atoms with Gasteiger partial charge in [-0.15, -0.1) is 0 Å². The van der Waals surface area contributed by atoms with E-state index in [4.69, 9.17) is 14.0 Å². The molecule has 8 heteroatoms. The highest BCUT2D eigenvalue weighted by Crippen LogP contribution is 2.25. The van der Waals surface area contributed by atoms with Gasteiger partial charge in [0.25, 0.3) is 5.89 Å². The minimum absolute atomic E-state index is 0.228. The molecule has 4 rings (SSSR count). The van der Waals surface area contributed by atoms with Crippen LogP contribution in [0.25, 0.3) is 11.5 Å². The van der Waals surface area contributed by atoms with Gasteiger partial charge in [0.1, 0.15) is 0 Å². The predicted molar refractivity (Wildman–Crippen MR) is 76.5 cm³/mol. The van der Waals surface area contributed by atoms with Crippen LogP contribution >= 0.6 is 0 Å². The monoisotopic (exact) mass is 303 g/mol. The van der Waals surface area contributed by atoms with Gasteiger partial charge in [-0.1, -0.05) is 5.16 Å². The van der Waals surface area contributed by atoms with Crippen molar-refractivity contribution < 1.29 is 14.0 Å². The van der Waals surface area contributed by atoms with Gasteiger partial charge in [-0.2, -0.15) is 4.98 Å². The third-order valence-electron chi connectivity index (χ3n) is 3.92. The molecule has 2 aliphatic heterocycles. The summed E-state index contributed by atoms with van der Waals surface area (Å²) in [6.07, 6.45) is 4.38. The van der Waals surface area contributed by atoms with Crippen molar-refractivity contribution in [3.63, 3.8) is 0 Å². The Hall–Kier alpha value is -2.06. The smallest absolute Gasteiger partial charge is 0.261 e. The fraction of sp³-hybridized carbons (Fsp3) is 0.571. The number of morpholine rings is 1. The first kappa shape index (κ1) is 13.6. The molecule has 22 heavy (non-hydrogen) atoms. The molecular weight excluding hydrogens is 286 g/mol. The lowest BCUT2D eigenvalue weighted by Gasteiger charge is -2.26. The highest BCUT2D eigenvalue weighted by Gasteiger charge is 2.23. The van der Waals surface area contributed by atoms with E-state index in [2.05, 4.69) is 25.0 Å². The zero-order valence-corrected chi connectivity index (χ0v) is 12.1. The molecule has 0 saturated carbocycles. The van der Waals surface area contributed by atoms with Gasteiger partial charge in [0.2, 0.25) is 5.95 Å². The molecule has 0 radical (unpaired) electrons. The van der Waals surface area contributed by atoms with Crippen LogP contribution in [0.3, 0.4) is 0 Å². The number of hydrogen-bond acceptors (Lipinski definition) is 8. The highest BCUT2D eigenvalue weighted by molar-refractivity contribution is 5.51. The molecular formula is C14H17N5O3. The fourth-order valence-electron chi connectivity index (χ4n) is 2.61. The minimum atomic E-state index is 0.228. The Kier molecular flexibility index (Phi) is 3.69. The molecule has 0 spiro atoms. The number of anilines is 1. The second-order valence-corrected chi connectivity index (χ2v) is 5.39. The summed E-state index contributed by atoms with van der Waals surface area (Å²) in [5.74, 6) is 2.09. The van der Waals surface area contributed by atoms with Crippen LogP contribution in [0.15, 0.2) is 16.9 Å². The zero-order valence-electron chi connectivity index (χ0n) is 12.1. The first-order valence-corrected chi connectivity index (χ1v) is 7.46. The molecule has 2 aliphatic rings. The van der Waals surface area contributed by atoms with Crippen LogP contribution in [0.2, 0.25) is 0 Å². The summed E-state index contributed by atoms with van der Waals surface area (Å²) in [7, 11) is 0. The van der Waals surface area contributed by atoms with Crippen molar-refractivity contribution in [2.45, 2.75) is 12.3 Å². The van der Waals surface area contributed by atoms with E-state index in [0.29, 0.717) is 37.5 Å². The number of aromatic nitrogens is 4. The quantitative estimate of drug-likeness (QED) is 0.825. The lowest BCUT2D eigenvalue weighted by Crippen LogP contribution is -2.37. The number of ether oxygens (including phenoxy) is 2. The van der Waals surface area contributed by atoms with Crippen molar-refractivity contribution in [3.05, 3.63) is 18.2 Å². The van der Waals surface area contributed by atoms with Crippen LogP contribution in [-0.4, -0.2) is 59.6 Å². The van der Waals surface area contributed by atoms with Gasteiger partial charge in [0.15, 0.2) is 5.82 Å². The summed E-state index contributed by atoms with van der Waals surface area (Å²) >= 11 is 0. The molecule has 4 heterocycles. The molecule has 0 N–H and O–H groups in total. The SMILES string of the molecule is c1nc(N2CCOCC2)ncc1-c1nc([C@@H]2CCOC2)no1. The van der Waals surface area contributed by atoms with Gasteiger partial charge in [-0.3, -0.25) is 0 Å². The summed E-state index contributed by atoms with van der Waals surface area (Å²) in [6, 6.07) is 0. The van der Waals surface area contributed by atoms with E-state index >= 15 is 0 Å². The second-order valence-electron chi connectivity index (χ2n) is 5.39. The van der Waals surface area contributed by atoms with E-state index in [1.807, 2.05) is 0 Å². The van der Waals surface area contributed by atoms with Crippen LogP contribution in [0, 0.1) is 0 Å². The Morgan fingerprint density at radius 3 is 2.59 bits per heavy atom. The van der Waals surface area contributed by atoms with Gasteiger partial charge >= 0.3 is 0 Å². The van der Waals surface area contributed by atoms with Crippen LogP contribution < -0.4 is 4.90 Å². The Morgan fingerprint density at radius 1 is 1.05 bits per heavy atom. The standard InChI is InChI=1S/C14H17N5O3/c1-4-21-9-10(1)12-17-13(22-18-12)11-7-15-14(16-8-11)19-2-5-20-6-3-19/h7-8,10H,1-6,9H2/t10-/m1/s1. The van der Waals surface area contributed by atoms with Crippen molar-refractivity contribution in [2.75, 3.05) is 44.4 Å². The average molecular weight is 303 g/mol. The largest absolute Gasteiger partial charge is 0.381 e. The van der Waals surface area contributed by atoms with E-state index in [9.17, 15) is 0 Å². The van der Waals surface area contributed by atoms with E-state index < -0.39 is 0 Å². The van der Waals surface area contributed by atoms with Crippen LogP contribution in [0.4, 0.5) is 5.95 Å². The molecule has 0 unspecified atom stereocenters. The van der Waals surface area contributed by atoms with Crippen LogP contribution in [0.1, 0.15) is 18.2 Å². The molecule has 2 fully saturated rings. The summed E-state index contributed by atoms with van der Waals surface area (Å²) in [4.78, 5) is 15.3. The normalized spacial score (nSPS) is 22.2. The van der Waals surface area contributed by atoms with Crippen molar-refractivity contribution in [1.82, 2.24) is 20.1 Å². The van der Waals surface area contributed by atoms with Gasteiger partial charge in [-0.25, -0.2) is 9.97 Å². The first-order valence-electron chi connectivity index (χ1n) is 7.46. The first-order chi connectivity index (χ1) is 10.9. The lowest BCUT2D eigenvalue weighted by molar-refractivity contribution is 0.122. The van der Waals surface area contributed by atoms with Crippen molar-refractivity contribution in [1.29, 1.82) is 0 Å². The number of rotatable bonds is 3. The fourth-order valence-corrected chi connectivity index (χ4v) is 2.61. The Bertz CT molecular complexity index is 618.